The number of carbonyl (C=O) groups is 1. The summed E-state index contributed by atoms with van der Waals surface area (Å²) < 4.78 is 37.4. The van der Waals surface area contributed by atoms with Crippen LogP contribution in [0.5, 0.6) is 11.5 Å². The van der Waals surface area contributed by atoms with Crippen molar-refractivity contribution < 1.29 is 22.7 Å². The van der Waals surface area contributed by atoms with E-state index in [0.29, 0.717) is 39.5 Å². The summed E-state index contributed by atoms with van der Waals surface area (Å²) in [5.74, 6) is 0.992. The second-order valence-electron chi connectivity index (χ2n) is 8.98. The van der Waals surface area contributed by atoms with E-state index in [-0.39, 0.29) is 23.2 Å². The Bertz CT molecular complexity index is 1790. The van der Waals surface area contributed by atoms with E-state index in [1.807, 2.05) is 25.1 Å². The van der Waals surface area contributed by atoms with Crippen LogP contribution < -0.4 is 24.4 Å². The van der Waals surface area contributed by atoms with Crippen molar-refractivity contribution in [1.82, 2.24) is 9.97 Å². The van der Waals surface area contributed by atoms with E-state index in [2.05, 4.69) is 15.6 Å². The van der Waals surface area contributed by atoms with Crippen LogP contribution in [0.25, 0.3) is 11.0 Å². The minimum atomic E-state index is -3.23. The van der Waals surface area contributed by atoms with Gasteiger partial charge in [-0.3, -0.25) is 4.79 Å². The Morgan fingerprint density at radius 2 is 1.44 bits per heavy atom. The molecule has 10 nitrogen and oxygen atoms in total. The fourth-order valence-electron chi connectivity index (χ4n) is 4.27. The van der Waals surface area contributed by atoms with Crippen molar-refractivity contribution in [2.24, 2.45) is 0 Å². The van der Waals surface area contributed by atoms with Crippen LogP contribution in [0.15, 0.2) is 91.0 Å². The fraction of sp³-hybridized carbons (Fsp3) is 0.100. The van der Waals surface area contributed by atoms with Gasteiger partial charge in [-0.05, 0) is 48.9 Å². The highest BCUT2D eigenvalue weighted by molar-refractivity contribution is 7.74. The Labute approximate surface area is 238 Å². The third-order valence-corrected chi connectivity index (χ3v) is 7.02. The lowest BCUT2D eigenvalue weighted by Gasteiger charge is -2.21. The van der Waals surface area contributed by atoms with E-state index in [9.17, 15) is 13.2 Å². The number of carbonyl (C=O) groups excluding carboxylic acids is 1. The van der Waals surface area contributed by atoms with Crippen LogP contribution in [-0.2, 0) is 10.9 Å². The number of aryl methyl sites for hydroxylation is 1. The number of methoxy groups -OCH3 is 2. The van der Waals surface area contributed by atoms with Crippen LogP contribution in [0, 0.1) is 6.92 Å². The van der Waals surface area contributed by atoms with Gasteiger partial charge in [0.2, 0.25) is 10.9 Å². The SMILES string of the molecule is COc1cc(Nc2nc3ccccc3nc2N(c2cccc(NC(=O)c3ccccc3C)c2)[SH](=O)=O)cc(OC)c1. The van der Waals surface area contributed by atoms with Crippen molar-refractivity contribution >= 4 is 56.5 Å². The summed E-state index contributed by atoms with van der Waals surface area (Å²) in [6, 6.07) is 26.1. The molecule has 0 spiro atoms. The predicted octanol–water partition coefficient (Wildman–Crippen LogP) is 5.62. The second kappa shape index (κ2) is 11.9. The first kappa shape index (κ1) is 27.4. The zero-order valence-electron chi connectivity index (χ0n) is 22.5. The van der Waals surface area contributed by atoms with Crippen molar-refractivity contribution in [3.8, 4) is 11.5 Å². The molecule has 0 radical (unpaired) electrons. The lowest BCUT2D eigenvalue weighted by atomic mass is 10.1. The smallest absolute Gasteiger partial charge is 0.255 e. The minimum absolute atomic E-state index is 0.0454. The number of thiol groups is 1. The molecule has 0 bridgehead atoms. The average Bonchev–Trinajstić information content (AvgIpc) is 2.97. The first-order valence-corrected chi connectivity index (χ1v) is 13.7. The van der Waals surface area contributed by atoms with Gasteiger partial charge in [-0.25, -0.2) is 22.7 Å². The molecular weight excluding hydrogens is 542 g/mol. The highest BCUT2D eigenvalue weighted by Crippen LogP contribution is 2.35. The molecule has 0 aliphatic rings. The van der Waals surface area contributed by atoms with Crippen molar-refractivity contribution in [2.75, 3.05) is 29.2 Å². The maximum Gasteiger partial charge on any atom is 0.255 e. The van der Waals surface area contributed by atoms with Crippen LogP contribution in [0.1, 0.15) is 15.9 Å². The number of hydrogen-bond acceptors (Lipinski definition) is 8. The number of hydrogen-bond donors (Lipinski definition) is 3. The van der Waals surface area contributed by atoms with Crippen LogP contribution in [0.4, 0.5) is 28.7 Å². The number of anilines is 5. The van der Waals surface area contributed by atoms with Gasteiger partial charge in [0.25, 0.3) is 5.91 Å². The minimum Gasteiger partial charge on any atom is -0.497 e. The summed E-state index contributed by atoms with van der Waals surface area (Å²) in [7, 11) is -0.162. The molecule has 208 valence electrons. The largest absolute Gasteiger partial charge is 0.497 e. The summed E-state index contributed by atoms with van der Waals surface area (Å²) in [4.78, 5) is 22.3. The zero-order valence-corrected chi connectivity index (χ0v) is 23.4. The van der Waals surface area contributed by atoms with E-state index >= 15 is 0 Å². The number of nitrogens with one attached hydrogen (secondary N) is 2. The van der Waals surface area contributed by atoms with E-state index in [0.717, 1.165) is 9.87 Å². The van der Waals surface area contributed by atoms with Crippen LogP contribution in [-0.4, -0.2) is 38.5 Å². The Balaban J connectivity index is 1.58. The molecule has 11 heteroatoms. The molecule has 0 saturated carbocycles. The van der Waals surface area contributed by atoms with Crippen LogP contribution in [0.2, 0.25) is 0 Å². The van der Waals surface area contributed by atoms with Crippen molar-refractivity contribution in [2.45, 2.75) is 6.92 Å². The number of amides is 1. The molecule has 0 atom stereocenters. The van der Waals surface area contributed by atoms with Crippen molar-refractivity contribution in [3.63, 3.8) is 0 Å². The molecule has 5 aromatic rings. The summed E-state index contributed by atoms with van der Waals surface area (Å²) in [6.45, 7) is 1.85. The number of aromatic nitrogens is 2. The van der Waals surface area contributed by atoms with Gasteiger partial charge in [-0.1, -0.05) is 36.4 Å². The van der Waals surface area contributed by atoms with Gasteiger partial charge >= 0.3 is 0 Å². The lowest BCUT2D eigenvalue weighted by molar-refractivity contribution is 0.102. The average molecular weight is 570 g/mol. The number of para-hydroxylation sites is 2. The molecule has 1 heterocycles. The van der Waals surface area contributed by atoms with Crippen molar-refractivity contribution in [1.29, 1.82) is 0 Å². The van der Waals surface area contributed by atoms with Gasteiger partial charge in [0, 0.05) is 35.1 Å². The zero-order chi connectivity index (χ0) is 28.9. The number of benzene rings is 4. The molecule has 0 unspecified atom stereocenters. The third kappa shape index (κ3) is 6.04. The van der Waals surface area contributed by atoms with E-state index in [1.54, 1.807) is 72.8 Å². The Morgan fingerprint density at radius 3 is 2.10 bits per heavy atom. The number of fused-ring (bicyclic) bond motifs is 1. The first-order valence-electron chi connectivity index (χ1n) is 12.5. The normalized spacial score (nSPS) is 10.8. The molecule has 5 rings (SSSR count). The van der Waals surface area contributed by atoms with Gasteiger partial charge in [0.15, 0.2) is 11.6 Å². The van der Waals surface area contributed by atoms with Crippen LogP contribution >= 0.6 is 0 Å². The number of nitrogens with zero attached hydrogens (tertiary/aromatic N) is 3. The molecule has 0 saturated heterocycles. The molecule has 1 aromatic heterocycles. The van der Waals surface area contributed by atoms with Crippen LogP contribution in [0.3, 0.4) is 0 Å². The maximum absolute atomic E-state index is 12.9. The summed E-state index contributed by atoms with van der Waals surface area (Å²) in [5.41, 5.74) is 3.63. The Kier molecular flexibility index (Phi) is 7.97. The molecule has 4 aromatic carbocycles. The maximum atomic E-state index is 12.9. The number of ether oxygens (including phenoxy) is 2. The van der Waals surface area contributed by atoms with Gasteiger partial charge in [-0.2, -0.15) is 0 Å². The predicted molar refractivity (Wildman–Crippen MR) is 160 cm³/mol. The van der Waals surface area contributed by atoms with E-state index in [4.69, 9.17) is 14.5 Å². The fourth-order valence-corrected chi connectivity index (χ4v) is 4.88. The summed E-state index contributed by atoms with van der Waals surface area (Å²) in [6.07, 6.45) is 0. The topological polar surface area (TPSA) is 123 Å². The lowest BCUT2D eigenvalue weighted by Crippen LogP contribution is -2.19. The monoisotopic (exact) mass is 569 g/mol. The van der Waals surface area contributed by atoms with Gasteiger partial charge in [0.05, 0.1) is 30.9 Å². The molecule has 0 aliphatic carbocycles. The highest BCUT2D eigenvalue weighted by atomic mass is 32.2. The second-order valence-corrected chi connectivity index (χ2v) is 9.86. The first-order chi connectivity index (χ1) is 19.9. The van der Waals surface area contributed by atoms with E-state index in [1.165, 1.54) is 14.2 Å². The Morgan fingerprint density at radius 1 is 0.780 bits per heavy atom. The summed E-state index contributed by atoms with van der Waals surface area (Å²) >= 11 is 0. The molecule has 1 amide bonds. The third-order valence-electron chi connectivity index (χ3n) is 6.27. The quantitative estimate of drug-likeness (QED) is 0.196. The van der Waals surface area contributed by atoms with E-state index < -0.39 is 10.9 Å². The molecule has 41 heavy (non-hydrogen) atoms. The van der Waals surface area contributed by atoms with Gasteiger partial charge < -0.3 is 20.1 Å². The van der Waals surface area contributed by atoms with Gasteiger partial charge in [0.1, 0.15) is 11.5 Å². The van der Waals surface area contributed by atoms with Crippen molar-refractivity contribution in [3.05, 3.63) is 102 Å². The summed E-state index contributed by atoms with van der Waals surface area (Å²) in [5, 5.41) is 6.03. The molecular formula is C30H27N5O5S. The Hall–Kier alpha value is -5.16. The highest BCUT2D eigenvalue weighted by Gasteiger charge is 2.22. The standard InChI is InChI=1S/C30H27N5O5S/c1-19-9-4-5-12-25(19)30(36)32-20-10-8-11-22(15-20)35(41(37)38)29-28(33-26-13-6-7-14-27(26)34-29)31-21-16-23(39-2)18-24(17-21)40-3/h4-18,41H,1-3H3,(H,31,33)(H,32,36). The molecule has 2 N–H and O–H groups in total. The number of rotatable bonds is 9. The molecule has 0 aliphatic heterocycles. The van der Waals surface area contributed by atoms with Gasteiger partial charge in [-0.15, -0.1) is 0 Å². The molecule has 0 fully saturated rings.